The van der Waals surface area contributed by atoms with Gasteiger partial charge in [-0.05, 0) is 13.8 Å². The van der Waals surface area contributed by atoms with E-state index in [0.717, 1.165) is 0 Å². The number of hydrogen-bond donors (Lipinski definition) is 1. The van der Waals surface area contributed by atoms with Crippen LogP contribution >= 0.6 is 0 Å². The quantitative estimate of drug-likeness (QED) is 0.400. The van der Waals surface area contributed by atoms with Crippen molar-refractivity contribution in [3.63, 3.8) is 0 Å². The Hall–Kier alpha value is -0.900. The number of nitrogens with zero attached hydrogens (tertiary/aromatic N) is 1. The Morgan fingerprint density at radius 3 is 1.82 bits per heavy atom. The van der Waals surface area contributed by atoms with E-state index in [9.17, 15) is 9.59 Å². The summed E-state index contributed by atoms with van der Waals surface area (Å²) < 4.78 is -0.201. The number of amides is 3. The highest BCUT2D eigenvalue weighted by Gasteiger charge is 2.54. The molecule has 0 spiro atoms. The molecule has 4 nitrogen and oxygen atoms in total. The van der Waals surface area contributed by atoms with Gasteiger partial charge in [0, 0.05) is 0 Å². The fourth-order valence-corrected chi connectivity index (χ4v) is 1.25. The van der Waals surface area contributed by atoms with Crippen LogP contribution < -0.4 is 5.32 Å². The molecule has 0 radical (unpaired) electrons. The van der Waals surface area contributed by atoms with Crippen molar-refractivity contribution in [2.24, 2.45) is 0 Å². The van der Waals surface area contributed by atoms with E-state index in [1.807, 2.05) is 0 Å². The van der Waals surface area contributed by atoms with E-state index < -0.39 is 5.54 Å². The molecule has 3 amide bonds. The van der Waals surface area contributed by atoms with Gasteiger partial charge in [0.05, 0.1) is 14.1 Å². The van der Waals surface area contributed by atoms with Gasteiger partial charge in [-0.15, -0.1) is 0 Å². The zero-order valence-electron chi connectivity index (χ0n) is 7.26. The second-order valence-corrected chi connectivity index (χ2v) is 3.81. The monoisotopic (exact) mass is 157 g/mol. The van der Waals surface area contributed by atoms with Crippen molar-refractivity contribution < 1.29 is 14.1 Å². The van der Waals surface area contributed by atoms with Crippen LogP contribution in [0.4, 0.5) is 4.79 Å². The van der Waals surface area contributed by atoms with Gasteiger partial charge in [0.15, 0.2) is 5.54 Å². The smallest absolute Gasteiger partial charge is 0.287 e. The van der Waals surface area contributed by atoms with Crippen LogP contribution in [0.5, 0.6) is 0 Å². The molecule has 0 atom stereocenters. The molecule has 1 rings (SSSR count). The average molecular weight is 157 g/mol. The molecule has 0 saturated carbocycles. The van der Waals surface area contributed by atoms with Gasteiger partial charge >= 0.3 is 11.9 Å². The first-order valence-electron chi connectivity index (χ1n) is 3.50. The Balaban J connectivity index is 3.09. The third-order valence-electron chi connectivity index (χ3n) is 1.97. The molecule has 4 heteroatoms. The Morgan fingerprint density at radius 2 is 1.73 bits per heavy atom. The normalized spacial score (nSPS) is 26.9. The molecule has 0 aromatic heterocycles. The molecule has 0 aromatic carbocycles. The highest BCUT2D eigenvalue weighted by molar-refractivity contribution is 5.96. The van der Waals surface area contributed by atoms with E-state index in [1.165, 1.54) is 0 Å². The Morgan fingerprint density at radius 1 is 1.27 bits per heavy atom. The van der Waals surface area contributed by atoms with Crippen LogP contribution in [0.2, 0.25) is 0 Å². The lowest BCUT2D eigenvalue weighted by Gasteiger charge is -2.16. The summed E-state index contributed by atoms with van der Waals surface area (Å²) in [5, 5.41) is 2.62. The minimum atomic E-state index is -0.708. The standard InChI is InChI=1S/C7H12N2O2/c1-7(2)5(10)9(3,4)6(11)8-7/h1-4H3/p+1. The molecule has 1 fully saturated rings. The Kier molecular flexibility index (Phi) is 1.36. The lowest BCUT2D eigenvalue weighted by molar-refractivity contribution is -0.723. The maximum Gasteiger partial charge on any atom is 0.424 e. The van der Waals surface area contributed by atoms with E-state index >= 15 is 0 Å². The van der Waals surface area contributed by atoms with Gasteiger partial charge < -0.3 is 0 Å². The van der Waals surface area contributed by atoms with Gasteiger partial charge in [0.25, 0.3) is 0 Å². The summed E-state index contributed by atoms with van der Waals surface area (Å²) in [5.41, 5.74) is -0.708. The largest absolute Gasteiger partial charge is 0.424 e. The van der Waals surface area contributed by atoms with Gasteiger partial charge in [0.1, 0.15) is 0 Å². The summed E-state index contributed by atoms with van der Waals surface area (Å²) in [4.78, 5) is 22.6. The molecule has 0 aliphatic carbocycles. The van der Waals surface area contributed by atoms with E-state index in [0.29, 0.717) is 0 Å². The molecule has 1 heterocycles. The predicted molar refractivity (Wildman–Crippen MR) is 39.7 cm³/mol. The van der Waals surface area contributed by atoms with Crippen molar-refractivity contribution in [3.05, 3.63) is 0 Å². The van der Waals surface area contributed by atoms with Gasteiger partial charge in [-0.25, -0.2) is 9.59 Å². The summed E-state index contributed by atoms with van der Waals surface area (Å²) in [6.07, 6.45) is 0. The summed E-state index contributed by atoms with van der Waals surface area (Å²) in [7, 11) is 3.18. The lowest BCUT2D eigenvalue weighted by atomic mass is 10.1. The summed E-state index contributed by atoms with van der Waals surface area (Å²) in [5.74, 6) is -0.0949. The first-order chi connectivity index (χ1) is 4.78. The van der Waals surface area contributed by atoms with Crippen LogP contribution in [-0.2, 0) is 4.79 Å². The molecule has 1 N–H and O–H groups in total. The van der Waals surface area contributed by atoms with E-state index in [1.54, 1.807) is 27.9 Å². The first-order valence-corrected chi connectivity index (χ1v) is 3.50. The number of quaternary nitrogens is 1. The fourth-order valence-electron chi connectivity index (χ4n) is 1.25. The molecule has 1 aliphatic rings. The highest BCUT2D eigenvalue weighted by atomic mass is 16.2. The second kappa shape index (κ2) is 1.82. The number of hydrogen-bond acceptors (Lipinski definition) is 2. The summed E-state index contributed by atoms with van der Waals surface area (Å²) in [6.45, 7) is 3.42. The van der Waals surface area contributed by atoms with Gasteiger partial charge in [-0.3, -0.25) is 5.32 Å². The third-order valence-corrected chi connectivity index (χ3v) is 1.97. The Labute approximate surface area is 65.8 Å². The topological polar surface area (TPSA) is 46.2 Å². The molecule has 62 valence electrons. The van der Waals surface area contributed by atoms with Crippen LogP contribution in [0.1, 0.15) is 13.8 Å². The maximum absolute atomic E-state index is 11.4. The zero-order chi connectivity index (χ0) is 8.86. The number of nitrogens with one attached hydrogen (secondary N) is 1. The lowest BCUT2D eigenvalue weighted by Crippen LogP contribution is -2.47. The number of imide groups is 1. The highest BCUT2D eigenvalue weighted by Crippen LogP contribution is 2.20. The van der Waals surface area contributed by atoms with Gasteiger partial charge in [0.2, 0.25) is 0 Å². The molecule has 0 unspecified atom stereocenters. The summed E-state index contributed by atoms with van der Waals surface area (Å²) in [6, 6.07) is -0.236. The van der Waals surface area contributed by atoms with Gasteiger partial charge in [-0.2, -0.15) is 4.48 Å². The van der Waals surface area contributed by atoms with Crippen molar-refractivity contribution in [1.29, 1.82) is 0 Å². The Bertz CT molecular complexity index is 231. The minimum absolute atomic E-state index is 0.0949. The maximum atomic E-state index is 11.4. The average Bonchev–Trinajstić information content (AvgIpc) is 1.94. The third kappa shape index (κ3) is 0.939. The molecular formula is C7H13N2O2+. The summed E-state index contributed by atoms with van der Waals surface area (Å²) >= 11 is 0. The second-order valence-electron chi connectivity index (χ2n) is 3.81. The van der Waals surface area contributed by atoms with Crippen LogP contribution in [0.25, 0.3) is 0 Å². The first kappa shape index (κ1) is 8.20. The van der Waals surface area contributed by atoms with Crippen LogP contribution in [0, 0.1) is 0 Å². The van der Waals surface area contributed by atoms with Crippen molar-refractivity contribution in [2.45, 2.75) is 19.4 Å². The molecule has 0 aromatic rings. The van der Waals surface area contributed by atoms with Crippen molar-refractivity contribution in [2.75, 3.05) is 14.1 Å². The predicted octanol–water partition coefficient (Wildman–Crippen LogP) is 0.0912. The van der Waals surface area contributed by atoms with Crippen LogP contribution in [0.3, 0.4) is 0 Å². The number of urea groups is 1. The van der Waals surface area contributed by atoms with Crippen LogP contribution in [0.15, 0.2) is 0 Å². The van der Waals surface area contributed by atoms with Crippen molar-refractivity contribution in [3.8, 4) is 0 Å². The van der Waals surface area contributed by atoms with E-state index in [4.69, 9.17) is 0 Å². The SMILES string of the molecule is CC1(C)NC(=O)[N+](C)(C)C1=O. The van der Waals surface area contributed by atoms with Crippen LogP contribution in [-0.4, -0.2) is 36.1 Å². The van der Waals surface area contributed by atoms with Crippen molar-refractivity contribution >= 4 is 11.9 Å². The van der Waals surface area contributed by atoms with Crippen molar-refractivity contribution in [1.82, 2.24) is 5.32 Å². The molecule has 11 heavy (non-hydrogen) atoms. The molecule has 1 saturated heterocycles. The molecule has 0 bridgehead atoms. The molecule has 1 aliphatic heterocycles. The minimum Gasteiger partial charge on any atom is -0.287 e. The van der Waals surface area contributed by atoms with E-state index in [2.05, 4.69) is 5.32 Å². The molecular weight excluding hydrogens is 144 g/mol. The number of rotatable bonds is 0. The zero-order valence-corrected chi connectivity index (χ0v) is 7.26. The van der Waals surface area contributed by atoms with Gasteiger partial charge in [-0.1, -0.05) is 0 Å². The number of likely N-dealkylation sites (N-methyl/N-ethyl adjacent to an activating group) is 1. The fraction of sp³-hybridized carbons (Fsp3) is 0.714. The number of carbonyl (C=O) groups is 2. The number of carbonyl (C=O) groups excluding carboxylic acids is 2. The van der Waals surface area contributed by atoms with E-state index in [-0.39, 0.29) is 16.4 Å².